The van der Waals surface area contributed by atoms with Crippen LogP contribution in [-0.4, -0.2) is 63.7 Å². The summed E-state index contributed by atoms with van der Waals surface area (Å²) in [5.74, 6) is -1.52. The molecule has 1 unspecified atom stereocenters. The van der Waals surface area contributed by atoms with Crippen molar-refractivity contribution in [3.05, 3.63) is 71.8 Å². The summed E-state index contributed by atoms with van der Waals surface area (Å²) in [6, 6.07) is 17.9. The van der Waals surface area contributed by atoms with Gasteiger partial charge in [0.1, 0.15) is 31.0 Å². The summed E-state index contributed by atoms with van der Waals surface area (Å²) in [6.45, 7) is 3.36. The van der Waals surface area contributed by atoms with Crippen molar-refractivity contribution < 1.29 is 41.1 Å². The van der Waals surface area contributed by atoms with Crippen molar-refractivity contribution in [3.8, 4) is 0 Å². The van der Waals surface area contributed by atoms with Gasteiger partial charge in [-0.25, -0.2) is 4.79 Å². The number of hydrogen-bond donors (Lipinski definition) is 0. The molecule has 2 fully saturated rings. The second-order valence-corrected chi connectivity index (χ2v) is 10.2. The lowest BCUT2D eigenvalue weighted by Crippen LogP contribution is -2.46. The number of ether oxygens (including phenoxy) is 5. The summed E-state index contributed by atoms with van der Waals surface area (Å²) in [5.41, 5.74) is 1.24. The Balaban J connectivity index is 1.53. The normalized spacial score (nSPS) is 26.7. The number of hydrogen-bond acceptors (Lipinski definition) is 9. The quantitative estimate of drug-likeness (QED) is 0.386. The molecule has 2 aliphatic heterocycles. The lowest BCUT2D eigenvalue weighted by atomic mass is 10.1. The lowest BCUT2D eigenvalue weighted by molar-refractivity contribution is -0.230. The molecule has 5 atom stereocenters. The molecule has 2 saturated heterocycles. The second kappa shape index (κ2) is 10.1. The highest BCUT2D eigenvalue weighted by Crippen LogP contribution is 2.40. The van der Waals surface area contributed by atoms with Gasteiger partial charge in [-0.1, -0.05) is 48.5 Å². The van der Waals surface area contributed by atoms with Crippen LogP contribution in [0.1, 0.15) is 29.8 Å². The van der Waals surface area contributed by atoms with E-state index in [1.165, 1.54) is 0 Å². The van der Waals surface area contributed by atoms with E-state index in [1.54, 1.807) is 44.2 Å². The number of esters is 1. The van der Waals surface area contributed by atoms with Gasteiger partial charge in [-0.3, -0.25) is 4.18 Å². The van der Waals surface area contributed by atoms with Crippen LogP contribution in [0.4, 0.5) is 0 Å². The molecule has 4 rings (SSSR count). The third kappa shape index (κ3) is 6.21. The maximum Gasteiger partial charge on any atom is 0.338 e. The molecule has 10 heteroatoms. The highest BCUT2D eigenvalue weighted by molar-refractivity contribution is 7.86. The molecule has 34 heavy (non-hydrogen) atoms. The molecule has 0 radical (unpaired) electrons. The minimum Gasteiger partial charge on any atom is -0.459 e. The van der Waals surface area contributed by atoms with Crippen molar-refractivity contribution >= 4 is 16.1 Å². The van der Waals surface area contributed by atoms with E-state index in [1.807, 2.05) is 30.3 Å². The zero-order valence-corrected chi connectivity index (χ0v) is 20.0. The fourth-order valence-corrected chi connectivity index (χ4v) is 4.59. The number of carbonyl (C=O) groups excluding carboxylic acids is 1. The van der Waals surface area contributed by atoms with E-state index in [9.17, 15) is 13.2 Å². The zero-order valence-electron chi connectivity index (χ0n) is 19.2. The van der Waals surface area contributed by atoms with Crippen LogP contribution in [0.2, 0.25) is 0 Å². The average molecular weight is 493 g/mol. The predicted octanol–water partition coefficient (Wildman–Crippen LogP) is 2.65. The molecular formula is C24H28O9S. The van der Waals surface area contributed by atoms with E-state index >= 15 is 0 Å². The van der Waals surface area contributed by atoms with E-state index < -0.39 is 52.6 Å². The molecule has 9 nitrogen and oxygen atoms in total. The summed E-state index contributed by atoms with van der Waals surface area (Å²) in [6.07, 6.45) is -3.35. The first-order chi connectivity index (χ1) is 16.1. The molecule has 0 aromatic heterocycles. The van der Waals surface area contributed by atoms with Crippen LogP contribution in [-0.2, 0) is 44.6 Å². The van der Waals surface area contributed by atoms with Gasteiger partial charge in [-0.2, -0.15) is 8.42 Å². The van der Waals surface area contributed by atoms with Gasteiger partial charge < -0.3 is 23.7 Å². The molecule has 0 spiro atoms. The van der Waals surface area contributed by atoms with E-state index in [-0.39, 0.29) is 13.2 Å². The fraction of sp³-hybridized carbons (Fsp3) is 0.458. The van der Waals surface area contributed by atoms with Crippen molar-refractivity contribution in [1.29, 1.82) is 0 Å². The minimum atomic E-state index is -3.92. The first-order valence-electron chi connectivity index (χ1n) is 10.9. The second-order valence-electron chi connectivity index (χ2n) is 8.63. The highest BCUT2D eigenvalue weighted by Gasteiger charge is 2.58. The van der Waals surface area contributed by atoms with Crippen LogP contribution in [0.5, 0.6) is 0 Å². The van der Waals surface area contributed by atoms with E-state index in [4.69, 9.17) is 27.9 Å². The van der Waals surface area contributed by atoms with Crippen molar-refractivity contribution in [1.82, 2.24) is 0 Å². The van der Waals surface area contributed by atoms with Crippen molar-refractivity contribution in [2.45, 2.75) is 56.9 Å². The fourth-order valence-electron chi connectivity index (χ4n) is 3.98. The molecule has 2 aromatic rings. The molecule has 0 bridgehead atoms. The Labute approximate surface area is 199 Å². The third-order valence-corrected chi connectivity index (χ3v) is 5.96. The molecule has 184 valence electrons. The zero-order chi connectivity index (χ0) is 24.3. The number of carbonyl (C=O) groups is 1. The number of rotatable bonds is 9. The predicted molar refractivity (Wildman–Crippen MR) is 120 cm³/mol. The molecule has 0 aliphatic carbocycles. The first kappa shape index (κ1) is 24.8. The average Bonchev–Trinajstić information content (AvgIpc) is 3.27. The van der Waals surface area contributed by atoms with Crippen LogP contribution < -0.4 is 0 Å². The monoisotopic (exact) mass is 492 g/mol. The van der Waals surface area contributed by atoms with Gasteiger partial charge >= 0.3 is 5.97 Å². The standard InChI is InChI=1S/C24H28O9S/c1-24(2)31-21-20(28-14-16-10-6-4-7-11-16)19(30-23(21)32-24)18(33-34(3,26)27)15-29-22(25)17-12-8-5-9-13-17/h4-13,18-21,23H,14-15H2,1-3H3/t18-,19-,20?,21-,23-/m0/s1. The Bertz CT molecular complexity index is 1070. The minimum absolute atomic E-state index is 0.230. The van der Waals surface area contributed by atoms with Crippen LogP contribution in [0.3, 0.4) is 0 Å². The third-order valence-electron chi connectivity index (χ3n) is 5.37. The molecular weight excluding hydrogens is 464 g/mol. The van der Waals surface area contributed by atoms with Gasteiger partial charge in [-0.15, -0.1) is 0 Å². The summed E-state index contributed by atoms with van der Waals surface area (Å²) in [5, 5.41) is 0. The van der Waals surface area contributed by atoms with Crippen LogP contribution in [0, 0.1) is 0 Å². The summed E-state index contributed by atoms with van der Waals surface area (Å²) in [4.78, 5) is 12.5. The SMILES string of the molecule is CC1(C)O[C@@H]2O[C@@H]([C@H](COC(=O)c3ccccc3)OS(C)(=O)=O)C(OCc3ccccc3)[C@@H]2O1. The van der Waals surface area contributed by atoms with Crippen molar-refractivity contribution in [2.24, 2.45) is 0 Å². The molecule has 0 saturated carbocycles. The number of fused-ring (bicyclic) bond motifs is 1. The topological polar surface area (TPSA) is 107 Å². The van der Waals surface area contributed by atoms with Gasteiger partial charge in [0.25, 0.3) is 10.1 Å². The smallest absolute Gasteiger partial charge is 0.338 e. The number of benzene rings is 2. The lowest BCUT2D eigenvalue weighted by Gasteiger charge is -2.30. The van der Waals surface area contributed by atoms with E-state index in [2.05, 4.69) is 0 Å². The van der Waals surface area contributed by atoms with Gasteiger partial charge in [0, 0.05) is 0 Å². The van der Waals surface area contributed by atoms with Crippen molar-refractivity contribution in [3.63, 3.8) is 0 Å². The molecule has 0 amide bonds. The summed E-state index contributed by atoms with van der Waals surface area (Å²) in [7, 11) is -3.92. The molecule has 2 aliphatic rings. The van der Waals surface area contributed by atoms with Crippen LogP contribution >= 0.6 is 0 Å². The maximum absolute atomic E-state index is 12.5. The first-order valence-corrected chi connectivity index (χ1v) is 12.7. The Kier molecular flexibility index (Phi) is 7.36. The van der Waals surface area contributed by atoms with Crippen LogP contribution in [0.25, 0.3) is 0 Å². The highest BCUT2D eigenvalue weighted by atomic mass is 32.2. The largest absolute Gasteiger partial charge is 0.459 e. The Morgan fingerprint density at radius 3 is 2.32 bits per heavy atom. The maximum atomic E-state index is 12.5. The molecule has 2 aromatic carbocycles. The van der Waals surface area contributed by atoms with Crippen molar-refractivity contribution in [2.75, 3.05) is 12.9 Å². The Morgan fingerprint density at radius 1 is 1.03 bits per heavy atom. The Hall–Kier alpha value is -2.34. The summed E-state index contributed by atoms with van der Waals surface area (Å²) >= 11 is 0. The van der Waals surface area contributed by atoms with Gasteiger partial charge in [0.15, 0.2) is 12.1 Å². The van der Waals surface area contributed by atoms with Gasteiger partial charge in [-0.05, 0) is 31.5 Å². The van der Waals surface area contributed by atoms with E-state index in [0.717, 1.165) is 11.8 Å². The molecule has 2 heterocycles. The van der Waals surface area contributed by atoms with Crippen LogP contribution in [0.15, 0.2) is 60.7 Å². The van der Waals surface area contributed by atoms with E-state index in [0.29, 0.717) is 5.56 Å². The summed E-state index contributed by atoms with van der Waals surface area (Å²) < 4.78 is 58.7. The van der Waals surface area contributed by atoms with Gasteiger partial charge in [0.2, 0.25) is 0 Å². The molecule has 0 N–H and O–H groups in total. The Morgan fingerprint density at radius 2 is 1.68 bits per heavy atom. The van der Waals surface area contributed by atoms with Gasteiger partial charge in [0.05, 0.1) is 18.4 Å².